The minimum atomic E-state index is -0.227. The number of rotatable bonds is 8. The van der Waals surface area contributed by atoms with E-state index in [1.165, 1.54) is 0 Å². The number of nitrogens with one attached hydrogen (secondary N) is 1. The van der Waals surface area contributed by atoms with E-state index < -0.39 is 0 Å². The van der Waals surface area contributed by atoms with Crippen LogP contribution in [0.1, 0.15) is 82.1 Å². The molecule has 0 spiro atoms. The van der Waals surface area contributed by atoms with Gasteiger partial charge in [0.1, 0.15) is 0 Å². The second-order valence-electron chi connectivity index (χ2n) is 9.15. The van der Waals surface area contributed by atoms with Gasteiger partial charge in [-0.2, -0.15) is 0 Å². The summed E-state index contributed by atoms with van der Waals surface area (Å²) in [5.74, 6) is 0. The Bertz CT molecular complexity index is 299. The average Bonchev–Trinajstić information content (AvgIpc) is 1.86. The van der Waals surface area contributed by atoms with E-state index in [2.05, 4.69) is 74.6 Å². The summed E-state index contributed by atoms with van der Waals surface area (Å²) in [6.07, 6.45) is 1.79. The Balaban J connectivity index is 4.73. The van der Waals surface area contributed by atoms with Gasteiger partial charge in [-0.05, 0) is 68.2 Å². The van der Waals surface area contributed by atoms with Gasteiger partial charge in [-0.25, -0.2) is 0 Å². The van der Waals surface area contributed by atoms with Crippen LogP contribution in [0, 0.1) is 0 Å². The standard InChI is InChI=1S/C17H38N2O/c1-13(2)19-15(5,6)12-17(9,10)20-16(7,8)11-14(3,4)18/h13,19H,11-12,18H2,1-10H3. The molecule has 0 aliphatic carbocycles. The second kappa shape index (κ2) is 6.33. The van der Waals surface area contributed by atoms with Crippen LogP contribution in [-0.4, -0.2) is 28.3 Å². The van der Waals surface area contributed by atoms with Crippen molar-refractivity contribution in [1.29, 1.82) is 0 Å². The van der Waals surface area contributed by atoms with Crippen LogP contribution in [-0.2, 0) is 4.74 Å². The van der Waals surface area contributed by atoms with Gasteiger partial charge in [-0.15, -0.1) is 0 Å². The van der Waals surface area contributed by atoms with Crippen molar-refractivity contribution in [1.82, 2.24) is 5.32 Å². The minimum absolute atomic E-state index is 0.0476. The number of hydrogen-bond donors (Lipinski definition) is 2. The summed E-state index contributed by atoms with van der Waals surface area (Å²) in [7, 11) is 0. The van der Waals surface area contributed by atoms with Crippen molar-refractivity contribution in [2.24, 2.45) is 5.73 Å². The third-order valence-corrected chi connectivity index (χ3v) is 2.98. The maximum absolute atomic E-state index is 6.40. The molecule has 3 N–H and O–H groups in total. The summed E-state index contributed by atoms with van der Waals surface area (Å²) in [5, 5.41) is 3.60. The van der Waals surface area contributed by atoms with Crippen LogP contribution in [0.2, 0.25) is 0 Å². The van der Waals surface area contributed by atoms with E-state index in [0.29, 0.717) is 6.04 Å². The zero-order chi connectivity index (χ0) is 16.4. The lowest BCUT2D eigenvalue weighted by molar-refractivity contribution is -0.142. The first-order valence-corrected chi connectivity index (χ1v) is 7.80. The van der Waals surface area contributed by atoms with Gasteiger partial charge in [-0.1, -0.05) is 13.8 Å². The highest BCUT2D eigenvalue weighted by atomic mass is 16.5. The lowest BCUT2D eigenvalue weighted by atomic mass is 9.86. The third-order valence-electron chi connectivity index (χ3n) is 2.98. The molecule has 0 atom stereocenters. The molecule has 0 bridgehead atoms. The number of nitrogens with two attached hydrogens (primary N) is 1. The van der Waals surface area contributed by atoms with Crippen LogP contribution in [0.25, 0.3) is 0 Å². The second-order valence-corrected chi connectivity index (χ2v) is 9.15. The molecule has 0 radical (unpaired) electrons. The first-order valence-electron chi connectivity index (χ1n) is 7.80. The van der Waals surface area contributed by atoms with E-state index in [9.17, 15) is 0 Å². The summed E-state index contributed by atoms with van der Waals surface area (Å²) >= 11 is 0. The van der Waals surface area contributed by atoms with Gasteiger partial charge < -0.3 is 15.8 Å². The largest absolute Gasteiger partial charge is 0.370 e. The molecule has 0 rings (SSSR count). The number of hydrogen-bond acceptors (Lipinski definition) is 3. The normalized spacial score (nSPS) is 15.0. The van der Waals surface area contributed by atoms with Gasteiger partial charge in [0, 0.05) is 17.1 Å². The molecular weight excluding hydrogens is 248 g/mol. The summed E-state index contributed by atoms with van der Waals surface area (Å²) < 4.78 is 6.40. The molecule has 122 valence electrons. The van der Waals surface area contributed by atoms with Gasteiger partial charge in [-0.3, -0.25) is 0 Å². The molecule has 3 heteroatoms. The van der Waals surface area contributed by atoms with Gasteiger partial charge >= 0.3 is 0 Å². The van der Waals surface area contributed by atoms with Gasteiger partial charge in [0.15, 0.2) is 0 Å². The Labute approximate surface area is 127 Å². The highest BCUT2D eigenvalue weighted by Crippen LogP contribution is 2.32. The SMILES string of the molecule is CC(C)NC(C)(C)CC(C)(C)OC(C)(C)CC(C)(C)N. The van der Waals surface area contributed by atoms with E-state index in [4.69, 9.17) is 10.5 Å². The molecule has 0 aromatic heterocycles. The molecule has 0 aromatic carbocycles. The average molecular weight is 287 g/mol. The highest BCUT2D eigenvalue weighted by molar-refractivity contribution is 4.91. The van der Waals surface area contributed by atoms with Crippen molar-refractivity contribution in [2.75, 3.05) is 0 Å². The van der Waals surface area contributed by atoms with E-state index in [1.807, 2.05) is 0 Å². The molecule has 0 saturated heterocycles. The Morgan fingerprint density at radius 1 is 0.850 bits per heavy atom. The van der Waals surface area contributed by atoms with Crippen molar-refractivity contribution in [3.63, 3.8) is 0 Å². The molecule has 0 amide bonds. The first-order chi connectivity index (χ1) is 8.54. The van der Waals surface area contributed by atoms with Crippen molar-refractivity contribution in [3.05, 3.63) is 0 Å². The Morgan fingerprint density at radius 3 is 1.60 bits per heavy atom. The first kappa shape index (κ1) is 19.9. The van der Waals surface area contributed by atoms with Crippen LogP contribution in [0.15, 0.2) is 0 Å². The Morgan fingerprint density at radius 2 is 1.25 bits per heavy atom. The van der Waals surface area contributed by atoms with Gasteiger partial charge in [0.05, 0.1) is 11.2 Å². The van der Waals surface area contributed by atoms with Crippen molar-refractivity contribution in [3.8, 4) is 0 Å². The summed E-state index contributed by atoms with van der Waals surface area (Å²) in [5.41, 5.74) is 5.55. The van der Waals surface area contributed by atoms with E-state index in [-0.39, 0.29) is 22.3 Å². The zero-order valence-corrected chi connectivity index (χ0v) is 15.5. The van der Waals surface area contributed by atoms with Crippen LogP contribution in [0.5, 0.6) is 0 Å². The smallest absolute Gasteiger partial charge is 0.0651 e. The quantitative estimate of drug-likeness (QED) is 0.712. The summed E-state index contributed by atoms with van der Waals surface area (Å²) in [4.78, 5) is 0. The fraction of sp³-hybridized carbons (Fsp3) is 1.00. The molecule has 0 saturated carbocycles. The van der Waals surface area contributed by atoms with Crippen LogP contribution in [0.3, 0.4) is 0 Å². The molecular formula is C17H38N2O. The molecule has 0 aliphatic heterocycles. The number of ether oxygens (including phenoxy) is 1. The van der Waals surface area contributed by atoms with Crippen LogP contribution in [0.4, 0.5) is 0 Å². The summed E-state index contributed by atoms with van der Waals surface area (Å²) in [6.45, 7) is 21.5. The van der Waals surface area contributed by atoms with Gasteiger partial charge in [0.25, 0.3) is 0 Å². The van der Waals surface area contributed by atoms with E-state index in [0.717, 1.165) is 12.8 Å². The Hall–Kier alpha value is -0.120. The molecule has 20 heavy (non-hydrogen) atoms. The maximum Gasteiger partial charge on any atom is 0.0651 e. The predicted molar refractivity (Wildman–Crippen MR) is 89.1 cm³/mol. The molecule has 0 unspecified atom stereocenters. The highest BCUT2D eigenvalue weighted by Gasteiger charge is 2.36. The molecule has 3 nitrogen and oxygen atoms in total. The predicted octanol–water partition coefficient (Wildman–Crippen LogP) is 3.85. The molecule has 0 fully saturated rings. The molecule has 0 aliphatic rings. The molecule has 0 aromatic rings. The fourth-order valence-electron chi connectivity index (χ4n) is 3.81. The zero-order valence-electron chi connectivity index (χ0n) is 15.5. The fourth-order valence-corrected chi connectivity index (χ4v) is 3.81. The maximum atomic E-state index is 6.40. The van der Waals surface area contributed by atoms with Gasteiger partial charge in [0.2, 0.25) is 0 Å². The lowest BCUT2D eigenvalue weighted by Crippen LogP contribution is -2.51. The minimum Gasteiger partial charge on any atom is -0.370 e. The molecule has 0 heterocycles. The topological polar surface area (TPSA) is 47.3 Å². The Kier molecular flexibility index (Phi) is 6.29. The lowest BCUT2D eigenvalue weighted by Gasteiger charge is -2.43. The monoisotopic (exact) mass is 286 g/mol. The van der Waals surface area contributed by atoms with Crippen molar-refractivity contribution >= 4 is 0 Å². The third kappa shape index (κ3) is 9.73. The van der Waals surface area contributed by atoms with E-state index >= 15 is 0 Å². The van der Waals surface area contributed by atoms with Crippen LogP contribution >= 0.6 is 0 Å². The van der Waals surface area contributed by atoms with Crippen LogP contribution < -0.4 is 11.1 Å². The van der Waals surface area contributed by atoms with E-state index in [1.54, 1.807) is 0 Å². The summed E-state index contributed by atoms with van der Waals surface area (Å²) in [6, 6.07) is 0.469. The van der Waals surface area contributed by atoms with Crippen molar-refractivity contribution < 1.29 is 4.74 Å². The van der Waals surface area contributed by atoms with Crippen molar-refractivity contribution in [2.45, 2.75) is 110 Å².